The summed E-state index contributed by atoms with van der Waals surface area (Å²) in [6.07, 6.45) is 0. The molecule has 1 aliphatic rings. The summed E-state index contributed by atoms with van der Waals surface area (Å²) < 4.78 is 31.2. The summed E-state index contributed by atoms with van der Waals surface area (Å²) in [6, 6.07) is 9.72. The number of hydrogen-bond donors (Lipinski definition) is 1. The quantitative estimate of drug-likeness (QED) is 0.514. The molecular formula is C14H10Na2O5S. The zero-order chi connectivity index (χ0) is 14.5. The first-order chi connectivity index (χ1) is 9.39. The Kier molecular flexibility index (Phi) is 6.34. The zero-order valence-electron chi connectivity index (χ0n) is 10.0. The summed E-state index contributed by atoms with van der Waals surface area (Å²) in [4.78, 5) is 24.1. The first-order valence-electron chi connectivity index (χ1n) is 5.69. The summed E-state index contributed by atoms with van der Waals surface area (Å²) >= 11 is 0. The fraction of sp³-hybridized carbons (Fsp3) is 0. The van der Waals surface area contributed by atoms with E-state index in [-0.39, 0.29) is 81.6 Å². The van der Waals surface area contributed by atoms with Gasteiger partial charge in [-0.15, -0.1) is 0 Å². The molecule has 0 saturated heterocycles. The van der Waals surface area contributed by atoms with Crippen molar-refractivity contribution in [2.75, 3.05) is 0 Å². The molecule has 0 unspecified atom stereocenters. The first kappa shape index (κ1) is 19.7. The third-order valence-electron chi connectivity index (χ3n) is 3.19. The monoisotopic (exact) mass is 336 g/mol. The third-order valence-corrected chi connectivity index (χ3v) is 4.04. The van der Waals surface area contributed by atoms with Crippen molar-refractivity contribution in [2.24, 2.45) is 0 Å². The molecule has 104 valence electrons. The number of ketones is 2. The molecule has 0 atom stereocenters. The molecule has 1 N–H and O–H groups in total. The van der Waals surface area contributed by atoms with E-state index in [1.54, 1.807) is 18.2 Å². The molecular weight excluding hydrogens is 326 g/mol. The SMILES string of the molecule is O=C1c2ccccc2C(=O)c2cc(S(=O)(=O)O)ccc21.[NaH].[NaH]. The predicted molar refractivity (Wildman–Crippen MR) is 83.9 cm³/mol. The van der Waals surface area contributed by atoms with Gasteiger partial charge in [0.25, 0.3) is 10.1 Å². The summed E-state index contributed by atoms with van der Waals surface area (Å²) in [5.74, 6) is -0.766. The predicted octanol–water partition coefficient (Wildman–Crippen LogP) is 0.412. The van der Waals surface area contributed by atoms with Gasteiger partial charge in [-0.05, 0) is 18.2 Å². The molecule has 0 amide bonds. The summed E-state index contributed by atoms with van der Waals surface area (Å²) in [6.45, 7) is 0. The van der Waals surface area contributed by atoms with Gasteiger partial charge in [0.1, 0.15) is 0 Å². The van der Waals surface area contributed by atoms with E-state index < -0.39 is 20.8 Å². The van der Waals surface area contributed by atoms with Crippen molar-refractivity contribution in [3.8, 4) is 0 Å². The number of benzene rings is 2. The van der Waals surface area contributed by atoms with Crippen LogP contribution >= 0.6 is 0 Å². The van der Waals surface area contributed by atoms with Crippen LogP contribution in [0.25, 0.3) is 0 Å². The molecule has 0 saturated carbocycles. The number of carbonyl (C=O) groups is 2. The van der Waals surface area contributed by atoms with Gasteiger partial charge >= 0.3 is 59.1 Å². The number of rotatable bonds is 1. The van der Waals surface area contributed by atoms with Gasteiger partial charge < -0.3 is 0 Å². The minimum absolute atomic E-state index is 0. The molecule has 0 bridgehead atoms. The van der Waals surface area contributed by atoms with Crippen LogP contribution in [0.5, 0.6) is 0 Å². The molecule has 1 aliphatic carbocycles. The standard InChI is InChI=1S/C14H8O5S.2Na.2H/c15-13-9-3-1-2-4-10(9)14(16)12-7-8(20(17,18)19)5-6-11(12)13;;;;/h1-7H,(H,17,18,19);;;;. The Balaban J connectivity index is 0.00000121. The maximum atomic E-state index is 12.3. The van der Waals surface area contributed by atoms with Crippen LogP contribution in [0.2, 0.25) is 0 Å². The molecule has 22 heavy (non-hydrogen) atoms. The molecule has 2 aromatic carbocycles. The van der Waals surface area contributed by atoms with E-state index in [9.17, 15) is 18.0 Å². The van der Waals surface area contributed by atoms with Crippen LogP contribution in [0.1, 0.15) is 31.8 Å². The van der Waals surface area contributed by atoms with Crippen LogP contribution < -0.4 is 0 Å². The van der Waals surface area contributed by atoms with Crippen molar-refractivity contribution < 1.29 is 22.6 Å². The van der Waals surface area contributed by atoms with Gasteiger partial charge in [-0.25, -0.2) is 0 Å². The number of fused-ring (bicyclic) bond motifs is 2. The Morgan fingerprint density at radius 3 is 1.68 bits per heavy atom. The van der Waals surface area contributed by atoms with Crippen LogP contribution in [0.4, 0.5) is 0 Å². The van der Waals surface area contributed by atoms with E-state index >= 15 is 0 Å². The normalized spacial score (nSPS) is 12.6. The van der Waals surface area contributed by atoms with E-state index in [4.69, 9.17) is 4.55 Å². The van der Waals surface area contributed by atoms with Crippen molar-refractivity contribution in [2.45, 2.75) is 4.90 Å². The molecule has 0 aliphatic heterocycles. The van der Waals surface area contributed by atoms with Gasteiger partial charge in [0.15, 0.2) is 11.6 Å². The molecule has 3 rings (SSSR count). The molecule has 8 heteroatoms. The van der Waals surface area contributed by atoms with Crippen molar-refractivity contribution in [3.63, 3.8) is 0 Å². The third kappa shape index (κ3) is 3.29. The Labute approximate surface area is 171 Å². The molecule has 2 aromatic rings. The zero-order valence-corrected chi connectivity index (χ0v) is 10.8. The summed E-state index contributed by atoms with van der Waals surface area (Å²) in [5, 5.41) is 0. The van der Waals surface area contributed by atoms with Crippen LogP contribution in [-0.4, -0.2) is 83.7 Å². The fourth-order valence-corrected chi connectivity index (χ4v) is 2.75. The molecule has 5 nitrogen and oxygen atoms in total. The summed E-state index contributed by atoms with van der Waals surface area (Å²) in [5.41, 5.74) is 0.659. The first-order valence-corrected chi connectivity index (χ1v) is 7.13. The van der Waals surface area contributed by atoms with E-state index in [0.717, 1.165) is 12.1 Å². The van der Waals surface area contributed by atoms with Gasteiger partial charge in [-0.2, -0.15) is 8.42 Å². The molecule has 0 radical (unpaired) electrons. The van der Waals surface area contributed by atoms with Gasteiger partial charge in [-0.1, -0.05) is 24.3 Å². The van der Waals surface area contributed by atoms with E-state index in [1.165, 1.54) is 12.1 Å². The molecule has 0 fully saturated rings. The van der Waals surface area contributed by atoms with Crippen LogP contribution in [0.15, 0.2) is 47.4 Å². The Bertz CT molecular complexity index is 875. The second-order valence-electron chi connectivity index (χ2n) is 4.39. The van der Waals surface area contributed by atoms with Gasteiger partial charge in [0.05, 0.1) is 4.90 Å². The fourth-order valence-electron chi connectivity index (χ4n) is 2.24. The van der Waals surface area contributed by atoms with Crippen molar-refractivity contribution in [1.82, 2.24) is 0 Å². The van der Waals surface area contributed by atoms with Gasteiger partial charge in [0, 0.05) is 22.3 Å². The Hall–Kier alpha value is -0.310. The van der Waals surface area contributed by atoms with Gasteiger partial charge in [0.2, 0.25) is 0 Å². The number of carbonyl (C=O) groups excluding carboxylic acids is 2. The van der Waals surface area contributed by atoms with E-state index in [0.29, 0.717) is 5.56 Å². The minimum atomic E-state index is -4.42. The Morgan fingerprint density at radius 1 is 0.727 bits per heavy atom. The average molecular weight is 336 g/mol. The van der Waals surface area contributed by atoms with Crippen molar-refractivity contribution in [1.29, 1.82) is 0 Å². The molecule has 0 heterocycles. The molecule has 0 spiro atoms. The molecule has 0 aromatic heterocycles. The number of hydrogen-bond acceptors (Lipinski definition) is 4. The van der Waals surface area contributed by atoms with E-state index in [1.807, 2.05) is 0 Å². The average Bonchev–Trinajstić information content (AvgIpc) is 2.43. The van der Waals surface area contributed by atoms with Crippen LogP contribution in [0.3, 0.4) is 0 Å². The van der Waals surface area contributed by atoms with Crippen molar-refractivity contribution in [3.05, 3.63) is 64.7 Å². The maximum absolute atomic E-state index is 12.3. The van der Waals surface area contributed by atoms with Crippen LogP contribution in [-0.2, 0) is 10.1 Å². The second kappa shape index (κ2) is 7.07. The summed E-state index contributed by atoms with van der Waals surface area (Å²) in [7, 11) is -4.42. The topological polar surface area (TPSA) is 88.5 Å². The van der Waals surface area contributed by atoms with Crippen molar-refractivity contribution >= 4 is 80.8 Å². The second-order valence-corrected chi connectivity index (χ2v) is 5.81. The Morgan fingerprint density at radius 2 is 1.18 bits per heavy atom. The van der Waals surface area contributed by atoms with E-state index in [2.05, 4.69) is 0 Å². The van der Waals surface area contributed by atoms with Crippen LogP contribution in [0, 0.1) is 0 Å². The van der Waals surface area contributed by atoms with Gasteiger partial charge in [-0.3, -0.25) is 14.1 Å².